The number of carbonyl (C=O) groups excluding carboxylic acids is 2. The first kappa shape index (κ1) is 20.2. The van der Waals surface area contributed by atoms with Crippen LogP contribution in [0.4, 0.5) is 5.69 Å². The standard InChI is InChI=1S/C21H31N3O2S/c1-2-17-4-3-5-18(16-17)22-20(25)6-7-21(26)24-10-8-19(9-11-24)23-12-14-27-15-13-23/h3-5,16,19H,2,6-15H2,1H3,(H,22,25). The van der Waals surface area contributed by atoms with E-state index in [0.717, 1.165) is 38.0 Å². The Hall–Kier alpha value is -1.53. The van der Waals surface area contributed by atoms with Crippen LogP contribution >= 0.6 is 11.8 Å². The van der Waals surface area contributed by atoms with Gasteiger partial charge in [-0.15, -0.1) is 0 Å². The van der Waals surface area contributed by atoms with Crippen molar-refractivity contribution in [1.29, 1.82) is 0 Å². The molecule has 1 aromatic carbocycles. The van der Waals surface area contributed by atoms with Crippen LogP contribution in [0.15, 0.2) is 24.3 Å². The molecule has 2 saturated heterocycles. The van der Waals surface area contributed by atoms with Gasteiger partial charge in [0.15, 0.2) is 0 Å². The highest BCUT2D eigenvalue weighted by Gasteiger charge is 2.27. The summed E-state index contributed by atoms with van der Waals surface area (Å²) in [4.78, 5) is 29.2. The van der Waals surface area contributed by atoms with E-state index in [1.54, 1.807) is 0 Å². The number of anilines is 1. The summed E-state index contributed by atoms with van der Waals surface area (Å²) in [6, 6.07) is 8.51. The van der Waals surface area contributed by atoms with Crippen molar-refractivity contribution in [2.75, 3.05) is 43.0 Å². The van der Waals surface area contributed by atoms with Crippen LogP contribution in [0.1, 0.15) is 38.2 Å². The highest BCUT2D eigenvalue weighted by Crippen LogP contribution is 2.21. The van der Waals surface area contributed by atoms with E-state index in [-0.39, 0.29) is 18.2 Å². The summed E-state index contributed by atoms with van der Waals surface area (Å²) in [5.74, 6) is 2.49. The molecule has 0 saturated carbocycles. The topological polar surface area (TPSA) is 52.7 Å². The zero-order chi connectivity index (χ0) is 19.1. The lowest BCUT2D eigenvalue weighted by molar-refractivity contribution is -0.134. The Morgan fingerprint density at radius 2 is 1.85 bits per heavy atom. The molecule has 5 nitrogen and oxygen atoms in total. The SMILES string of the molecule is CCc1cccc(NC(=O)CCC(=O)N2CCC(N3CCSCC3)CC2)c1. The first-order valence-electron chi connectivity index (χ1n) is 10.1. The molecule has 0 aromatic heterocycles. The number of benzene rings is 1. The number of thioether (sulfide) groups is 1. The van der Waals surface area contributed by atoms with E-state index in [2.05, 4.69) is 17.1 Å². The lowest BCUT2D eigenvalue weighted by Crippen LogP contribution is -2.49. The van der Waals surface area contributed by atoms with Gasteiger partial charge in [0, 0.05) is 62.3 Å². The number of nitrogens with one attached hydrogen (secondary N) is 1. The summed E-state index contributed by atoms with van der Waals surface area (Å²) in [6.45, 7) is 6.11. The molecule has 0 bridgehead atoms. The van der Waals surface area contributed by atoms with Gasteiger partial charge in [0.2, 0.25) is 11.8 Å². The molecule has 2 amide bonds. The third-order valence-corrected chi connectivity index (χ3v) is 6.51. The molecule has 0 atom stereocenters. The van der Waals surface area contributed by atoms with E-state index >= 15 is 0 Å². The molecule has 6 heteroatoms. The molecule has 0 spiro atoms. The average Bonchev–Trinajstić information content (AvgIpc) is 2.73. The fraction of sp³-hybridized carbons (Fsp3) is 0.619. The smallest absolute Gasteiger partial charge is 0.224 e. The second-order valence-corrected chi connectivity index (χ2v) is 8.59. The van der Waals surface area contributed by atoms with Crippen molar-refractivity contribution in [1.82, 2.24) is 9.80 Å². The minimum absolute atomic E-state index is 0.0858. The first-order valence-corrected chi connectivity index (χ1v) is 11.3. The number of rotatable bonds is 6. The quantitative estimate of drug-likeness (QED) is 0.813. The molecular weight excluding hydrogens is 358 g/mol. The molecule has 0 aliphatic carbocycles. The largest absolute Gasteiger partial charge is 0.343 e. The Bertz CT molecular complexity index is 638. The molecule has 148 valence electrons. The van der Waals surface area contributed by atoms with Gasteiger partial charge in [0.05, 0.1) is 0 Å². The molecule has 0 unspecified atom stereocenters. The number of nitrogens with zero attached hydrogens (tertiary/aromatic N) is 2. The van der Waals surface area contributed by atoms with Gasteiger partial charge < -0.3 is 10.2 Å². The predicted octanol–water partition coefficient (Wildman–Crippen LogP) is 3.01. The van der Waals surface area contributed by atoms with Gasteiger partial charge in [-0.3, -0.25) is 14.5 Å². The van der Waals surface area contributed by atoms with Crippen LogP contribution in [0.25, 0.3) is 0 Å². The maximum absolute atomic E-state index is 12.5. The number of likely N-dealkylation sites (tertiary alicyclic amines) is 1. The van der Waals surface area contributed by atoms with E-state index in [0.29, 0.717) is 12.5 Å². The van der Waals surface area contributed by atoms with Crippen LogP contribution in [-0.4, -0.2) is 65.3 Å². The van der Waals surface area contributed by atoms with Crippen molar-refractivity contribution in [3.05, 3.63) is 29.8 Å². The van der Waals surface area contributed by atoms with Crippen molar-refractivity contribution in [2.45, 2.75) is 45.1 Å². The van der Waals surface area contributed by atoms with Crippen LogP contribution in [0.5, 0.6) is 0 Å². The van der Waals surface area contributed by atoms with Crippen LogP contribution in [0.2, 0.25) is 0 Å². The fourth-order valence-corrected chi connectivity index (χ4v) is 4.83. The third-order valence-electron chi connectivity index (χ3n) is 5.56. The van der Waals surface area contributed by atoms with Crippen molar-refractivity contribution >= 4 is 29.3 Å². The highest BCUT2D eigenvalue weighted by molar-refractivity contribution is 7.99. The number of hydrogen-bond acceptors (Lipinski definition) is 4. The molecule has 2 heterocycles. The van der Waals surface area contributed by atoms with E-state index < -0.39 is 0 Å². The minimum Gasteiger partial charge on any atom is -0.343 e. The van der Waals surface area contributed by atoms with Gasteiger partial charge in [-0.25, -0.2) is 0 Å². The van der Waals surface area contributed by atoms with Crippen molar-refractivity contribution in [3.63, 3.8) is 0 Å². The Morgan fingerprint density at radius 3 is 2.56 bits per heavy atom. The molecule has 2 aliphatic heterocycles. The second kappa shape index (κ2) is 10.1. The Labute approximate surface area is 166 Å². The lowest BCUT2D eigenvalue weighted by atomic mass is 10.0. The molecule has 3 rings (SSSR count). The second-order valence-electron chi connectivity index (χ2n) is 7.36. The van der Waals surface area contributed by atoms with Crippen molar-refractivity contribution < 1.29 is 9.59 Å². The Kier molecular flexibility index (Phi) is 7.59. The number of amides is 2. The maximum Gasteiger partial charge on any atom is 0.224 e. The number of hydrogen-bond donors (Lipinski definition) is 1. The highest BCUT2D eigenvalue weighted by atomic mass is 32.2. The van der Waals surface area contributed by atoms with Gasteiger partial charge >= 0.3 is 0 Å². The normalized spacial score (nSPS) is 19.1. The summed E-state index contributed by atoms with van der Waals surface area (Å²) in [5, 5.41) is 2.91. The van der Waals surface area contributed by atoms with Crippen LogP contribution in [0.3, 0.4) is 0 Å². The third kappa shape index (κ3) is 5.98. The van der Waals surface area contributed by atoms with E-state index in [4.69, 9.17) is 0 Å². The van der Waals surface area contributed by atoms with Gasteiger partial charge in [-0.1, -0.05) is 19.1 Å². The molecule has 2 fully saturated rings. The predicted molar refractivity (Wildman–Crippen MR) is 112 cm³/mol. The number of aryl methyl sites for hydroxylation is 1. The molecule has 27 heavy (non-hydrogen) atoms. The molecule has 1 N–H and O–H groups in total. The Morgan fingerprint density at radius 1 is 1.11 bits per heavy atom. The van der Waals surface area contributed by atoms with E-state index in [1.807, 2.05) is 40.9 Å². The fourth-order valence-electron chi connectivity index (χ4n) is 3.89. The summed E-state index contributed by atoms with van der Waals surface area (Å²) < 4.78 is 0. The number of piperidine rings is 1. The molecule has 2 aliphatic rings. The average molecular weight is 390 g/mol. The first-order chi connectivity index (χ1) is 13.2. The van der Waals surface area contributed by atoms with Gasteiger partial charge in [0.25, 0.3) is 0 Å². The monoisotopic (exact) mass is 389 g/mol. The zero-order valence-corrected chi connectivity index (χ0v) is 17.1. The number of carbonyl (C=O) groups is 2. The zero-order valence-electron chi connectivity index (χ0n) is 16.3. The van der Waals surface area contributed by atoms with Crippen LogP contribution < -0.4 is 5.32 Å². The summed E-state index contributed by atoms with van der Waals surface area (Å²) in [6.07, 6.45) is 3.61. The molecule has 1 aromatic rings. The van der Waals surface area contributed by atoms with Gasteiger partial charge in [-0.05, 0) is 37.0 Å². The Balaban J connectivity index is 1.38. The van der Waals surface area contributed by atoms with E-state index in [1.165, 1.54) is 30.2 Å². The lowest BCUT2D eigenvalue weighted by Gasteiger charge is -2.40. The van der Waals surface area contributed by atoms with Crippen molar-refractivity contribution in [3.8, 4) is 0 Å². The van der Waals surface area contributed by atoms with Crippen LogP contribution in [0, 0.1) is 0 Å². The summed E-state index contributed by atoms with van der Waals surface area (Å²) in [5.41, 5.74) is 2.01. The molecule has 0 radical (unpaired) electrons. The van der Waals surface area contributed by atoms with Gasteiger partial charge in [0.1, 0.15) is 0 Å². The van der Waals surface area contributed by atoms with Crippen LogP contribution in [-0.2, 0) is 16.0 Å². The minimum atomic E-state index is -0.0858. The maximum atomic E-state index is 12.5. The van der Waals surface area contributed by atoms with E-state index in [9.17, 15) is 9.59 Å². The van der Waals surface area contributed by atoms with Gasteiger partial charge in [-0.2, -0.15) is 11.8 Å². The summed E-state index contributed by atoms with van der Waals surface area (Å²) >= 11 is 2.04. The molecular formula is C21H31N3O2S. The summed E-state index contributed by atoms with van der Waals surface area (Å²) in [7, 11) is 0. The van der Waals surface area contributed by atoms with Crippen molar-refractivity contribution in [2.24, 2.45) is 0 Å².